The van der Waals surface area contributed by atoms with Gasteiger partial charge in [0.25, 0.3) is 0 Å². The molecule has 144 valence electrons. The van der Waals surface area contributed by atoms with Crippen molar-refractivity contribution in [3.05, 3.63) is 84.4 Å². The van der Waals surface area contributed by atoms with Crippen molar-refractivity contribution in [3.63, 3.8) is 0 Å². The minimum Gasteiger partial charge on any atom is -0.465 e. The second-order valence-corrected chi connectivity index (χ2v) is 8.29. The molecule has 2 aromatic heterocycles. The zero-order chi connectivity index (χ0) is 20.2. The van der Waals surface area contributed by atoms with Gasteiger partial charge in [0.05, 0.1) is 12.7 Å². The van der Waals surface area contributed by atoms with Crippen LogP contribution in [-0.4, -0.2) is 13.1 Å². The van der Waals surface area contributed by atoms with Crippen molar-refractivity contribution in [2.45, 2.75) is 0 Å². The van der Waals surface area contributed by atoms with E-state index in [0.717, 1.165) is 32.2 Å². The first kappa shape index (κ1) is 17.2. The molecule has 0 amide bonds. The molecule has 0 saturated carbocycles. The number of carbonyl (C=O) groups excluding carboxylic acids is 1. The summed E-state index contributed by atoms with van der Waals surface area (Å²) in [6, 6.07) is 26.4. The number of methoxy groups -OCH3 is 1. The van der Waals surface area contributed by atoms with Gasteiger partial charge in [-0.2, -0.15) is 0 Å². The first-order valence-corrected chi connectivity index (χ1v) is 10.5. The topological polar surface area (TPSA) is 39.4 Å². The summed E-state index contributed by atoms with van der Waals surface area (Å²) >= 11 is 1.73. The summed E-state index contributed by atoms with van der Waals surface area (Å²) in [6.07, 6.45) is 0. The van der Waals surface area contributed by atoms with Crippen LogP contribution < -0.4 is 0 Å². The maximum absolute atomic E-state index is 12.7. The molecular formula is C26H16O3S. The number of carbonyl (C=O) groups is 1. The Morgan fingerprint density at radius 1 is 0.800 bits per heavy atom. The summed E-state index contributed by atoms with van der Waals surface area (Å²) in [6.45, 7) is 0. The summed E-state index contributed by atoms with van der Waals surface area (Å²) in [5, 5.41) is 4.42. The summed E-state index contributed by atoms with van der Waals surface area (Å²) in [4.78, 5) is 12.7. The Kier molecular flexibility index (Phi) is 3.70. The van der Waals surface area contributed by atoms with Crippen LogP contribution in [0.3, 0.4) is 0 Å². The highest BCUT2D eigenvalue weighted by atomic mass is 32.1. The van der Waals surface area contributed by atoms with Gasteiger partial charge in [-0.3, -0.25) is 0 Å². The molecule has 0 N–H and O–H groups in total. The lowest BCUT2D eigenvalue weighted by molar-refractivity contribution is 0.0601. The molecule has 0 atom stereocenters. The first-order valence-electron chi connectivity index (χ1n) is 9.69. The number of thiophene rings is 1. The predicted octanol–water partition coefficient (Wildman–Crippen LogP) is 7.41. The van der Waals surface area contributed by atoms with Crippen molar-refractivity contribution in [2.75, 3.05) is 7.11 Å². The Morgan fingerprint density at radius 2 is 1.57 bits per heavy atom. The van der Waals surface area contributed by atoms with Gasteiger partial charge in [-0.15, -0.1) is 11.3 Å². The molecule has 0 aliphatic carbocycles. The Balaban J connectivity index is 1.80. The highest BCUT2D eigenvalue weighted by molar-refractivity contribution is 7.26. The second kappa shape index (κ2) is 6.44. The zero-order valence-corrected chi connectivity index (χ0v) is 17.0. The highest BCUT2D eigenvalue weighted by Gasteiger charge is 2.23. The molecule has 0 unspecified atom stereocenters. The van der Waals surface area contributed by atoms with Crippen molar-refractivity contribution < 1.29 is 13.9 Å². The molecule has 0 spiro atoms. The van der Waals surface area contributed by atoms with E-state index >= 15 is 0 Å². The standard InChI is InChI=1S/C26H16O3S/c1-28-26(27)20-14-13-17-15-7-2-4-11-21(15)29-24(17)23(20)19-10-6-9-18-16-8-3-5-12-22(16)30-25(18)19/h2-14H,1H3. The van der Waals surface area contributed by atoms with E-state index in [2.05, 4.69) is 36.4 Å². The van der Waals surface area contributed by atoms with Crippen molar-refractivity contribution in [1.82, 2.24) is 0 Å². The van der Waals surface area contributed by atoms with Gasteiger partial charge in [0.1, 0.15) is 11.2 Å². The zero-order valence-electron chi connectivity index (χ0n) is 16.1. The smallest absolute Gasteiger partial charge is 0.338 e. The number of fused-ring (bicyclic) bond motifs is 6. The van der Waals surface area contributed by atoms with E-state index in [-0.39, 0.29) is 5.97 Å². The van der Waals surface area contributed by atoms with Gasteiger partial charge >= 0.3 is 5.97 Å². The van der Waals surface area contributed by atoms with Crippen LogP contribution in [0.25, 0.3) is 53.2 Å². The first-order chi connectivity index (χ1) is 14.8. The highest BCUT2D eigenvalue weighted by Crippen LogP contribution is 2.44. The normalized spacial score (nSPS) is 11.6. The lowest BCUT2D eigenvalue weighted by atomic mass is 9.95. The van der Waals surface area contributed by atoms with Crippen molar-refractivity contribution in [2.24, 2.45) is 0 Å². The predicted molar refractivity (Wildman–Crippen MR) is 123 cm³/mol. The van der Waals surface area contributed by atoms with Crippen molar-refractivity contribution in [1.29, 1.82) is 0 Å². The van der Waals surface area contributed by atoms with Crippen LogP contribution in [0.1, 0.15) is 10.4 Å². The van der Waals surface area contributed by atoms with E-state index < -0.39 is 0 Å². The van der Waals surface area contributed by atoms with Crippen molar-refractivity contribution >= 4 is 59.4 Å². The Bertz CT molecular complexity index is 1600. The van der Waals surface area contributed by atoms with Crippen LogP contribution in [0.5, 0.6) is 0 Å². The lowest BCUT2D eigenvalue weighted by Crippen LogP contribution is -2.03. The number of rotatable bonds is 2. The molecule has 4 heteroatoms. The molecule has 0 bridgehead atoms. The summed E-state index contributed by atoms with van der Waals surface area (Å²) in [7, 11) is 1.41. The SMILES string of the molecule is COC(=O)c1ccc2c(oc3ccccc32)c1-c1cccc2c1sc1ccccc12. The third-order valence-corrected chi connectivity index (χ3v) is 6.85. The maximum Gasteiger partial charge on any atom is 0.338 e. The van der Waals surface area contributed by atoms with Gasteiger partial charge in [0.15, 0.2) is 0 Å². The van der Waals surface area contributed by atoms with E-state index in [9.17, 15) is 4.79 Å². The number of ether oxygens (including phenoxy) is 1. The molecule has 0 aliphatic heterocycles. The molecule has 0 aliphatic rings. The van der Waals surface area contributed by atoms with Crippen LogP contribution in [-0.2, 0) is 4.74 Å². The molecule has 6 aromatic rings. The number of esters is 1. The molecule has 3 nitrogen and oxygen atoms in total. The molecule has 30 heavy (non-hydrogen) atoms. The van der Waals surface area contributed by atoms with Crippen LogP contribution >= 0.6 is 11.3 Å². The molecule has 0 saturated heterocycles. The third-order valence-electron chi connectivity index (χ3n) is 5.63. The molecule has 2 heterocycles. The molecule has 0 radical (unpaired) electrons. The number of hydrogen-bond donors (Lipinski definition) is 0. The van der Waals surface area contributed by atoms with E-state index in [4.69, 9.17) is 9.15 Å². The summed E-state index contributed by atoms with van der Waals surface area (Å²) < 4.78 is 13.8. The van der Waals surface area contributed by atoms with Crippen LogP contribution in [0.2, 0.25) is 0 Å². The number of hydrogen-bond acceptors (Lipinski definition) is 4. The Hall–Kier alpha value is -3.63. The minimum absolute atomic E-state index is 0.370. The fraction of sp³-hybridized carbons (Fsp3) is 0.0385. The monoisotopic (exact) mass is 408 g/mol. The van der Waals surface area contributed by atoms with Gasteiger partial charge in [-0.1, -0.05) is 54.6 Å². The quantitative estimate of drug-likeness (QED) is 0.280. The minimum atomic E-state index is -0.370. The summed E-state index contributed by atoms with van der Waals surface area (Å²) in [5.41, 5.74) is 3.80. The van der Waals surface area contributed by atoms with E-state index in [1.807, 2.05) is 42.5 Å². The Labute approximate surface area is 176 Å². The number of furan rings is 1. The number of benzene rings is 4. The second-order valence-electron chi connectivity index (χ2n) is 7.24. The van der Waals surface area contributed by atoms with Crippen LogP contribution in [0.15, 0.2) is 83.3 Å². The van der Waals surface area contributed by atoms with E-state index in [1.54, 1.807) is 11.3 Å². The Morgan fingerprint density at radius 3 is 2.43 bits per heavy atom. The molecular weight excluding hydrogens is 392 g/mol. The lowest BCUT2D eigenvalue weighted by Gasteiger charge is -2.10. The molecule has 0 fully saturated rings. The summed E-state index contributed by atoms with van der Waals surface area (Å²) in [5.74, 6) is -0.370. The molecule has 4 aromatic carbocycles. The van der Waals surface area contributed by atoms with Gasteiger partial charge < -0.3 is 9.15 Å². The van der Waals surface area contributed by atoms with Crippen molar-refractivity contribution in [3.8, 4) is 11.1 Å². The largest absolute Gasteiger partial charge is 0.465 e. The van der Waals surface area contributed by atoms with Gasteiger partial charge in [-0.05, 0) is 24.3 Å². The fourth-order valence-electron chi connectivity index (χ4n) is 4.28. The molecule has 6 rings (SSSR count). The maximum atomic E-state index is 12.7. The fourth-order valence-corrected chi connectivity index (χ4v) is 5.50. The van der Waals surface area contributed by atoms with E-state index in [0.29, 0.717) is 11.1 Å². The van der Waals surface area contributed by atoms with Gasteiger partial charge in [0.2, 0.25) is 0 Å². The third kappa shape index (κ3) is 2.34. The van der Waals surface area contributed by atoms with Gasteiger partial charge in [-0.25, -0.2) is 4.79 Å². The van der Waals surface area contributed by atoms with Crippen LogP contribution in [0, 0.1) is 0 Å². The average molecular weight is 408 g/mol. The van der Waals surface area contributed by atoms with E-state index in [1.165, 1.54) is 22.6 Å². The van der Waals surface area contributed by atoms with Crippen LogP contribution in [0.4, 0.5) is 0 Å². The number of para-hydroxylation sites is 1. The van der Waals surface area contributed by atoms with Gasteiger partial charge in [0, 0.05) is 42.1 Å². The average Bonchev–Trinajstić information content (AvgIpc) is 3.36.